The van der Waals surface area contributed by atoms with Crippen LogP contribution in [0.25, 0.3) is 0 Å². The van der Waals surface area contributed by atoms with Gasteiger partial charge in [0.1, 0.15) is 17.2 Å². The highest BCUT2D eigenvalue weighted by atomic mass is 16.5. The number of hydrogen-bond donors (Lipinski definition) is 0. The van der Waals surface area contributed by atoms with Crippen LogP contribution in [-0.4, -0.2) is 37.1 Å². The summed E-state index contributed by atoms with van der Waals surface area (Å²) in [6, 6.07) is 0. The second-order valence-corrected chi connectivity index (χ2v) is 4.51. The highest BCUT2D eigenvalue weighted by Gasteiger charge is 2.16. The van der Waals surface area contributed by atoms with Gasteiger partial charge in [0.15, 0.2) is 0 Å². The molecule has 1 heterocycles. The van der Waals surface area contributed by atoms with Crippen molar-refractivity contribution >= 4 is 11.8 Å². The fourth-order valence-electron chi connectivity index (χ4n) is 1.47. The Hall–Kier alpha value is -1.65. The van der Waals surface area contributed by atoms with Gasteiger partial charge in [-0.2, -0.15) is 0 Å². The number of ether oxygens (including phenoxy) is 1. The van der Waals surface area contributed by atoms with E-state index in [1.807, 2.05) is 14.1 Å². The van der Waals surface area contributed by atoms with Crippen molar-refractivity contribution < 1.29 is 9.53 Å². The molecular weight excluding hydrogens is 218 g/mol. The van der Waals surface area contributed by atoms with E-state index in [-0.39, 0.29) is 0 Å². The fourth-order valence-corrected chi connectivity index (χ4v) is 1.47. The number of methoxy groups -OCH3 is 1. The second kappa shape index (κ2) is 5.61. The maximum absolute atomic E-state index is 11.5. The molecule has 0 saturated heterocycles. The van der Waals surface area contributed by atoms with Gasteiger partial charge in [0.2, 0.25) is 0 Å². The van der Waals surface area contributed by atoms with Crippen LogP contribution in [0.3, 0.4) is 0 Å². The number of anilines is 1. The topological polar surface area (TPSA) is 55.3 Å². The van der Waals surface area contributed by atoms with Crippen LogP contribution >= 0.6 is 0 Å². The molecule has 0 radical (unpaired) electrons. The largest absolute Gasteiger partial charge is 0.465 e. The summed E-state index contributed by atoms with van der Waals surface area (Å²) >= 11 is 0. The number of carbonyl (C=O) groups is 1. The zero-order valence-corrected chi connectivity index (χ0v) is 11.0. The molecule has 17 heavy (non-hydrogen) atoms. The monoisotopic (exact) mass is 237 g/mol. The molecule has 94 valence electrons. The summed E-state index contributed by atoms with van der Waals surface area (Å²) in [6.45, 7) is 4.21. The molecule has 0 aliphatic rings. The van der Waals surface area contributed by atoms with E-state index in [2.05, 4.69) is 23.8 Å². The molecule has 5 heteroatoms. The van der Waals surface area contributed by atoms with Crippen molar-refractivity contribution in [1.29, 1.82) is 0 Å². The van der Waals surface area contributed by atoms with Crippen LogP contribution in [0.2, 0.25) is 0 Å². The molecule has 0 spiro atoms. The number of rotatable bonds is 4. The Balaban J connectivity index is 3.12. The maximum atomic E-state index is 11.5. The molecule has 1 aromatic heterocycles. The fraction of sp³-hybridized carbons (Fsp3) is 0.583. The van der Waals surface area contributed by atoms with Crippen LogP contribution in [0.1, 0.15) is 30.0 Å². The summed E-state index contributed by atoms with van der Waals surface area (Å²) in [7, 11) is 5.03. The van der Waals surface area contributed by atoms with Gasteiger partial charge in [-0.3, -0.25) is 0 Å². The van der Waals surface area contributed by atoms with E-state index >= 15 is 0 Å². The van der Waals surface area contributed by atoms with E-state index in [1.165, 1.54) is 13.3 Å². The highest BCUT2D eigenvalue weighted by Crippen LogP contribution is 2.16. The van der Waals surface area contributed by atoms with E-state index in [0.29, 0.717) is 17.3 Å². The average Bonchev–Trinajstić information content (AvgIpc) is 2.27. The van der Waals surface area contributed by atoms with Gasteiger partial charge in [-0.1, -0.05) is 13.8 Å². The number of carbonyl (C=O) groups excluding carboxylic acids is 1. The first-order chi connectivity index (χ1) is 7.95. The maximum Gasteiger partial charge on any atom is 0.343 e. The molecule has 5 nitrogen and oxygen atoms in total. The lowest BCUT2D eigenvalue weighted by Gasteiger charge is -2.16. The van der Waals surface area contributed by atoms with Crippen molar-refractivity contribution in [3.63, 3.8) is 0 Å². The Labute approximate surface area is 102 Å². The van der Waals surface area contributed by atoms with Gasteiger partial charge in [-0.25, -0.2) is 14.8 Å². The van der Waals surface area contributed by atoms with Crippen LogP contribution in [0.5, 0.6) is 0 Å². The van der Waals surface area contributed by atoms with Crippen LogP contribution < -0.4 is 4.90 Å². The Morgan fingerprint density at radius 2 is 2.12 bits per heavy atom. The summed E-state index contributed by atoms with van der Waals surface area (Å²) in [5.41, 5.74) is 0.394. The molecule has 0 N–H and O–H groups in total. The summed E-state index contributed by atoms with van der Waals surface area (Å²) in [6.07, 6.45) is 2.33. The number of aromatic nitrogens is 2. The van der Waals surface area contributed by atoms with Gasteiger partial charge in [0.05, 0.1) is 7.11 Å². The molecule has 0 aromatic carbocycles. The molecule has 1 aromatic rings. The summed E-state index contributed by atoms with van der Waals surface area (Å²) in [4.78, 5) is 21.9. The minimum absolute atomic E-state index is 0.394. The minimum atomic E-state index is -0.412. The Morgan fingerprint density at radius 3 is 2.59 bits per heavy atom. The normalized spacial score (nSPS) is 10.5. The van der Waals surface area contributed by atoms with E-state index in [4.69, 9.17) is 4.74 Å². The zero-order valence-electron chi connectivity index (χ0n) is 11.0. The molecule has 0 aliphatic carbocycles. The summed E-state index contributed by atoms with van der Waals surface area (Å²) in [5, 5.41) is 0. The van der Waals surface area contributed by atoms with Crippen molar-refractivity contribution in [2.24, 2.45) is 5.92 Å². The summed E-state index contributed by atoms with van der Waals surface area (Å²) < 4.78 is 4.70. The van der Waals surface area contributed by atoms with Gasteiger partial charge in [0.25, 0.3) is 0 Å². The Kier molecular flexibility index (Phi) is 4.43. The quantitative estimate of drug-likeness (QED) is 0.743. The standard InChI is InChI=1S/C12H19N3O2/c1-8(2)6-10-13-7-9(12(16)17-5)11(14-10)15(3)4/h7-8H,6H2,1-5H3. The molecule has 0 bridgehead atoms. The van der Waals surface area contributed by atoms with Crippen molar-refractivity contribution in [3.05, 3.63) is 17.6 Å². The first-order valence-electron chi connectivity index (χ1n) is 5.57. The van der Waals surface area contributed by atoms with Gasteiger partial charge in [0, 0.05) is 26.7 Å². The van der Waals surface area contributed by atoms with Crippen molar-refractivity contribution in [2.75, 3.05) is 26.1 Å². The van der Waals surface area contributed by atoms with Crippen molar-refractivity contribution in [1.82, 2.24) is 9.97 Å². The van der Waals surface area contributed by atoms with Crippen molar-refractivity contribution in [3.8, 4) is 0 Å². The van der Waals surface area contributed by atoms with E-state index < -0.39 is 5.97 Å². The molecule has 0 fully saturated rings. The molecular formula is C12H19N3O2. The molecule has 0 saturated carbocycles. The van der Waals surface area contributed by atoms with E-state index in [1.54, 1.807) is 4.90 Å². The van der Waals surface area contributed by atoms with Crippen LogP contribution in [0.4, 0.5) is 5.82 Å². The SMILES string of the molecule is COC(=O)c1cnc(CC(C)C)nc1N(C)C. The third-order valence-electron chi connectivity index (χ3n) is 2.24. The molecule has 0 aliphatic heterocycles. The van der Waals surface area contributed by atoms with Crippen LogP contribution in [0, 0.1) is 5.92 Å². The van der Waals surface area contributed by atoms with E-state index in [0.717, 1.165) is 12.2 Å². The first-order valence-corrected chi connectivity index (χ1v) is 5.57. The number of esters is 1. The molecule has 0 atom stereocenters. The first kappa shape index (κ1) is 13.4. The van der Waals surface area contributed by atoms with Crippen LogP contribution in [-0.2, 0) is 11.2 Å². The Bertz CT molecular complexity index is 403. The number of nitrogens with zero attached hydrogens (tertiary/aromatic N) is 3. The predicted molar refractivity (Wildman–Crippen MR) is 66.2 cm³/mol. The smallest absolute Gasteiger partial charge is 0.343 e. The minimum Gasteiger partial charge on any atom is -0.465 e. The lowest BCUT2D eigenvalue weighted by molar-refractivity contribution is 0.0600. The van der Waals surface area contributed by atoms with Gasteiger partial charge in [-0.05, 0) is 5.92 Å². The Morgan fingerprint density at radius 1 is 1.47 bits per heavy atom. The molecule has 0 amide bonds. The van der Waals surface area contributed by atoms with E-state index in [9.17, 15) is 4.79 Å². The lowest BCUT2D eigenvalue weighted by atomic mass is 10.1. The van der Waals surface area contributed by atoms with Crippen LogP contribution in [0.15, 0.2) is 6.20 Å². The molecule has 1 rings (SSSR count). The molecule has 0 unspecified atom stereocenters. The zero-order chi connectivity index (χ0) is 13.0. The van der Waals surface area contributed by atoms with Gasteiger partial charge < -0.3 is 9.64 Å². The predicted octanol–water partition coefficient (Wildman–Crippen LogP) is 1.53. The lowest BCUT2D eigenvalue weighted by Crippen LogP contribution is -2.18. The third kappa shape index (κ3) is 3.41. The van der Waals surface area contributed by atoms with Gasteiger partial charge >= 0.3 is 5.97 Å². The number of hydrogen-bond acceptors (Lipinski definition) is 5. The average molecular weight is 237 g/mol. The van der Waals surface area contributed by atoms with Gasteiger partial charge in [-0.15, -0.1) is 0 Å². The summed E-state index contributed by atoms with van der Waals surface area (Å²) in [5.74, 6) is 1.41. The highest BCUT2D eigenvalue weighted by molar-refractivity contribution is 5.94. The second-order valence-electron chi connectivity index (χ2n) is 4.51. The van der Waals surface area contributed by atoms with Crippen molar-refractivity contribution in [2.45, 2.75) is 20.3 Å². The third-order valence-corrected chi connectivity index (χ3v) is 2.24.